The van der Waals surface area contributed by atoms with E-state index in [-0.39, 0.29) is 17.8 Å². The molecule has 22 heavy (non-hydrogen) atoms. The third kappa shape index (κ3) is 6.91. The summed E-state index contributed by atoms with van der Waals surface area (Å²) in [5.41, 5.74) is 2.43. The molecule has 1 aliphatic carbocycles. The molecule has 1 saturated carbocycles. The minimum Gasteiger partial charge on any atom is -0.392 e. The van der Waals surface area contributed by atoms with E-state index in [1.165, 1.54) is 37.7 Å². The third-order valence-corrected chi connectivity index (χ3v) is 5.02. The van der Waals surface area contributed by atoms with Crippen LogP contribution in [0.4, 0.5) is 0 Å². The zero-order chi connectivity index (χ0) is 16.5. The monoisotopic (exact) mass is 306 g/mol. The smallest absolute Gasteiger partial charge is 0.130 e. The number of ketones is 1. The first-order chi connectivity index (χ1) is 10.4. The second kappa shape index (κ2) is 9.99. The van der Waals surface area contributed by atoms with Crippen molar-refractivity contribution in [1.82, 2.24) is 0 Å². The van der Waals surface area contributed by atoms with Gasteiger partial charge in [-0.25, -0.2) is 0 Å². The van der Waals surface area contributed by atoms with Crippen LogP contribution in [0.1, 0.15) is 78.6 Å². The van der Waals surface area contributed by atoms with Crippen LogP contribution in [0.25, 0.3) is 0 Å². The van der Waals surface area contributed by atoms with Crippen molar-refractivity contribution in [2.45, 2.75) is 84.7 Å². The molecular weight excluding hydrogens is 272 g/mol. The molecule has 2 nitrogen and oxygen atoms in total. The van der Waals surface area contributed by atoms with Crippen molar-refractivity contribution in [2.75, 3.05) is 0 Å². The highest BCUT2D eigenvalue weighted by molar-refractivity contribution is 5.75. The van der Waals surface area contributed by atoms with Crippen LogP contribution >= 0.6 is 0 Å². The molecule has 0 amide bonds. The summed E-state index contributed by atoms with van der Waals surface area (Å²) < 4.78 is 0. The van der Waals surface area contributed by atoms with Crippen LogP contribution in [0.15, 0.2) is 23.8 Å². The lowest BCUT2D eigenvalue weighted by Crippen LogP contribution is -2.31. The molecule has 126 valence electrons. The van der Waals surface area contributed by atoms with Gasteiger partial charge in [-0.2, -0.15) is 0 Å². The summed E-state index contributed by atoms with van der Waals surface area (Å²) in [4.78, 5) is 11.0. The molecule has 2 unspecified atom stereocenters. The van der Waals surface area contributed by atoms with Crippen LogP contribution in [0.5, 0.6) is 0 Å². The molecule has 0 aromatic heterocycles. The Morgan fingerprint density at radius 3 is 2.36 bits per heavy atom. The molecule has 0 spiro atoms. The SMILES string of the molecule is C=C(C)C(CC/C(C)=C/CCC(C)=O)C(O)C1CCCCC1. The predicted molar refractivity (Wildman–Crippen MR) is 93.8 cm³/mol. The Morgan fingerprint density at radius 1 is 1.18 bits per heavy atom. The fourth-order valence-electron chi connectivity index (χ4n) is 3.52. The molecule has 1 fully saturated rings. The van der Waals surface area contributed by atoms with Gasteiger partial charge < -0.3 is 9.90 Å². The van der Waals surface area contributed by atoms with E-state index in [4.69, 9.17) is 0 Å². The van der Waals surface area contributed by atoms with Crippen LogP contribution in [0.3, 0.4) is 0 Å². The summed E-state index contributed by atoms with van der Waals surface area (Å²) in [6.07, 6.45) is 11.5. The first kappa shape index (κ1) is 19.2. The zero-order valence-corrected chi connectivity index (χ0v) is 14.7. The van der Waals surface area contributed by atoms with Gasteiger partial charge in [0.05, 0.1) is 6.10 Å². The summed E-state index contributed by atoms with van der Waals surface area (Å²) in [6.45, 7) is 9.92. The van der Waals surface area contributed by atoms with Gasteiger partial charge in [-0.05, 0) is 58.8 Å². The van der Waals surface area contributed by atoms with Gasteiger partial charge in [0.2, 0.25) is 0 Å². The highest BCUT2D eigenvalue weighted by Crippen LogP contribution is 2.34. The topological polar surface area (TPSA) is 37.3 Å². The van der Waals surface area contributed by atoms with Gasteiger partial charge >= 0.3 is 0 Å². The molecule has 0 bridgehead atoms. The van der Waals surface area contributed by atoms with Crippen molar-refractivity contribution in [3.63, 3.8) is 0 Å². The summed E-state index contributed by atoms with van der Waals surface area (Å²) in [5, 5.41) is 10.7. The van der Waals surface area contributed by atoms with Crippen LogP contribution in [0, 0.1) is 11.8 Å². The molecule has 2 atom stereocenters. The van der Waals surface area contributed by atoms with Gasteiger partial charge in [0.15, 0.2) is 0 Å². The average molecular weight is 306 g/mol. The number of Topliss-reactive ketones (excluding diaryl/α,β-unsaturated/α-hetero) is 1. The molecule has 1 N–H and O–H groups in total. The lowest BCUT2D eigenvalue weighted by Gasteiger charge is -2.33. The maximum atomic E-state index is 11.0. The number of carbonyl (C=O) groups is 1. The first-order valence-corrected chi connectivity index (χ1v) is 8.90. The summed E-state index contributed by atoms with van der Waals surface area (Å²) in [6, 6.07) is 0. The summed E-state index contributed by atoms with van der Waals surface area (Å²) >= 11 is 0. The van der Waals surface area contributed by atoms with Crippen molar-refractivity contribution in [3.05, 3.63) is 23.8 Å². The van der Waals surface area contributed by atoms with E-state index >= 15 is 0 Å². The summed E-state index contributed by atoms with van der Waals surface area (Å²) in [5.74, 6) is 0.910. The standard InChI is InChI=1S/C20H34O2/c1-15(2)19(20(22)18-11-6-5-7-12-18)14-13-16(3)9-8-10-17(4)21/h9,18-20,22H,1,5-8,10-14H2,2-4H3/b16-9+. The van der Waals surface area contributed by atoms with Gasteiger partial charge in [0, 0.05) is 12.3 Å². The Bertz CT molecular complexity index is 389. The maximum Gasteiger partial charge on any atom is 0.130 e. The van der Waals surface area contributed by atoms with E-state index in [2.05, 4.69) is 19.6 Å². The number of rotatable bonds is 9. The Labute approximate surface area is 136 Å². The van der Waals surface area contributed by atoms with E-state index in [9.17, 15) is 9.90 Å². The fraction of sp³-hybridized carbons (Fsp3) is 0.750. The quantitative estimate of drug-likeness (QED) is 0.593. The zero-order valence-electron chi connectivity index (χ0n) is 14.7. The van der Waals surface area contributed by atoms with Gasteiger partial charge in [-0.1, -0.05) is 43.1 Å². The number of aliphatic hydroxyl groups excluding tert-OH is 1. The molecule has 1 aliphatic rings. The Balaban J connectivity index is 2.49. The van der Waals surface area contributed by atoms with Gasteiger partial charge in [-0.3, -0.25) is 0 Å². The fourth-order valence-corrected chi connectivity index (χ4v) is 3.52. The minimum atomic E-state index is -0.234. The number of aliphatic hydroxyl groups is 1. The lowest BCUT2D eigenvalue weighted by molar-refractivity contribution is -0.116. The molecular formula is C20H34O2. The minimum absolute atomic E-state index is 0.208. The van der Waals surface area contributed by atoms with Crippen molar-refractivity contribution in [2.24, 2.45) is 11.8 Å². The van der Waals surface area contributed by atoms with E-state index < -0.39 is 0 Å². The summed E-state index contributed by atoms with van der Waals surface area (Å²) in [7, 11) is 0. The highest BCUT2D eigenvalue weighted by atomic mass is 16.3. The lowest BCUT2D eigenvalue weighted by atomic mass is 9.76. The van der Waals surface area contributed by atoms with Crippen LogP contribution in [-0.4, -0.2) is 17.0 Å². The van der Waals surface area contributed by atoms with Gasteiger partial charge in [0.1, 0.15) is 5.78 Å². The first-order valence-electron chi connectivity index (χ1n) is 8.90. The molecule has 0 radical (unpaired) electrons. The number of hydrogen-bond donors (Lipinski definition) is 1. The van der Waals surface area contributed by atoms with E-state index in [0.717, 1.165) is 24.8 Å². The second-order valence-corrected chi connectivity index (χ2v) is 7.17. The Morgan fingerprint density at radius 2 is 1.82 bits per heavy atom. The number of allylic oxidation sites excluding steroid dienone is 2. The number of carbonyl (C=O) groups excluding carboxylic acids is 1. The third-order valence-electron chi connectivity index (χ3n) is 5.02. The van der Waals surface area contributed by atoms with E-state index in [1.54, 1.807) is 6.92 Å². The number of hydrogen-bond acceptors (Lipinski definition) is 2. The highest BCUT2D eigenvalue weighted by Gasteiger charge is 2.28. The van der Waals surface area contributed by atoms with Crippen molar-refractivity contribution in [3.8, 4) is 0 Å². The van der Waals surface area contributed by atoms with Crippen LogP contribution < -0.4 is 0 Å². The Kier molecular flexibility index (Phi) is 8.70. The van der Waals surface area contributed by atoms with Gasteiger partial charge in [-0.15, -0.1) is 0 Å². The van der Waals surface area contributed by atoms with Crippen molar-refractivity contribution in [1.29, 1.82) is 0 Å². The molecule has 0 aliphatic heterocycles. The van der Waals surface area contributed by atoms with Crippen LogP contribution in [0.2, 0.25) is 0 Å². The Hall–Kier alpha value is -0.890. The molecule has 0 saturated heterocycles. The second-order valence-electron chi connectivity index (χ2n) is 7.17. The molecule has 0 aromatic rings. The van der Waals surface area contributed by atoms with Gasteiger partial charge in [0.25, 0.3) is 0 Å². The maximum absolute atomic E-state index is 11.0. The molecule has 2 heteroatoms. The average Bonchev–Trinajstić information content (AvgIpc) is 2.47. The van der Waals surface area contributed by atoms with Crippen LogP contribution in [-0.2, 0) is 4.79 Å². The van der Waals surface area contributed by atoms with E-state index in [0.29, 0.717) is 12.3 Å². The largest absolute Gasteiger partial charge is 0.392 e. The molecule has 0 aromatic carbocycles. The molecule has 1 rings (SSSR count). The van der Waals surface area contributed by atoms with Crippen molar-refractivity contribution < 1.29 is 9.90 Å². The molecule has 0 heterocycles. The van der Waals surface area contributed by atoms with E-state index in [1.807, 2.05) is 6.92 Å². The normalized spacial score (nSPS) is 19.7. The predicted octanol–water partition coefficient (Wildman–Crippen LogP) is 5.22. The van der Waals surface area contributed by atoms with Crippen molar-refractivity contribution >= 4 is 5.78 Å².